The number of rotatable bonds is 1. The summed E-state index contributed by atoms with van der Waals surface area (Å²) in [5, 5.41) is 1.91. The fourth-order valence-corrected chi connectivity index (χ4v) is 1.88. The molecule has 15 heavy (non-hydrogen) atoms. The van der Waals surface area contributed by atoms with Crippen LogP contribution in [0.5, 0.6) is 5.75 Å². The van der Waals surface area contributed by atoms with Crippen molar-refractivity contribution in [1.82, 2.24) is 0 Å². The molecule has 0 spiro atoms. The summed E-state index contributed by atoms with van der Waals surface area (Å²) >= 11 is 11.8. The summed E-state index contributed by atoms with van der Waals surface area (Å²) in [5.74, 6) is -0.478. The van der Waals surface area contributed by atoms with Gasteiger partial charge in [-0.15, -0.1) is 0 Å². The number of ether oxygens (including phenoxy) is 1. The predicted octanol–water partition coefficient (Wildman–Crippen LogP) is 4.09. The molecule has 2 aromatic rings. The molecule has 0 N–H and O–H groups in total. The van der Waals surface area contributed by atoms with Gasteiger partial charge in [-0.2, -0.15) is 0 Å². The molecule has 0 saturated carbocycles. The lowest BCUT2D eigenvalue weighted by atomic mass is 10.1. The van der Waals surface area contributed by atoms with Crippen molar-refractivity contribution in [2.45, 2.75) is 0 Å². The third kappa shape index (κ3) is 1.75. The van der Waals surface area contributed by atoms with Gasteiger partial charge >= 0.3 is 0 Å². The fourth-order valence-electron chi connectivity index (χ4n) is 1.39. The Hall–Kier alpha value is -0.990. The van der Waals surface area contributed by atoms with E-state index in [2.05, 4.69) is 6.07 Å². The standard InChI is InChI=1S/C11H6Cl2FO/c1-15-11-9(14)4-6-2-3-7(12)5-8(6)10(11)13/h3-5H,1H3. The highest BCUT2D eigenvalue weighted by Crippen LogP contribution is 2.36. The summed E-state index contributed by atoms with van der Waals surface area (Å²) in [4.78, 5) is 0. The molecule has 0 bridgehead atoms. The van der Waals surface area contributed by atoms with Crippen LogP contribution < -0.4 is 4.74 Å². The van der Waals surface area contributed by atoms with Crippen molar-refractivity contribution in [1.29, 1.82) is 0 Å². The molecule has 0 unspecified atom stereocenters. The van der Waals surface area contributed by atoms with E-state index in [0.717, 1.165) is 0 Å². The Morgan fingerprint density at radius 1 is 1.33 bits per heavy atom. The zero-order valence-electron chi connectivity index (χ0n) is 7.77. The quantitative estimate of drug-likeness (QED) is 0.733. The Bertz CT molecular complexity index is 525. The summed E-state index contributed by atoms with van der Waals surface area (Å²) in [6.07, 6.45) is 0. The van der Waals surface area contributed by atoms with Crippen molar-refractivity contribution in [3.8, 4) is 5.75 Å². The number of methoxy groups -OCH3 is 1. The number of fused-ring (bicyclic) bond motifs is 1. The maximum absolute atomic E-state index is 13.4. The second kappa shape index (κ2) is 3.87. The first kappa shape index (κ1) is 10.5. The second-order valence-corrected chi connectivity index (χ2v) is 3.80. The van der Waals surface area contributed by atoms with E-state index in [-0.39, 0.29) is 10.8 Å². The maximum Gasteiger partial charge on any atom is 0.173 e. The minimum Gasteiger partial charge on any atom is -0.492 e. The van der Waals surface area contributed by atoms with E-state index in [1.54, 1.807) is 12.1 Å². The monoisotopic (exact) mass is 243 g/mol. The molecule has 2 rings (SSSR count). The highest BCUT2D eigenvalue weighted by atomic mass is 35.5. The summed E-state index contributed by atoms with van der Waals surface area (Å²) in [6.45, 7) is 0. The molecular formula is C11H6Cl2FO. The lowest BCUT2D eigenvalue weighted by molar-refractivity contribution is 0.388. The molecule has 0 aliphatic carbocycles. The molecule has 0 heterocycles. The molecule has 1 nitrogen and oxygen atoms in total. The van der Waals surface area contributed by atoms with Gasteiger partial charge in [0.15, 0.2) is 11.6 Å². The first-order chi connectivity index (χ1) is 7.13. The van der Waals surface area contributed by atoms with Gasteiger partial charge in [0, 0.05) is 10.4 Å². The summed E-state index contributed by atoms with van der Waals surface area (Å²) in [5.41, 5.74) is 0. The van der Waals surface area contributed by atoms with Gasteiger partial charge in [0.2, 0.25) is 0 Å². The van der Waals surface area contributed by atoms with Crippen molar-refractivity contribution < 1.29 is 9.13 Å². The molecule has 0 aliphatic rings. The molecule has 1 radical (unpaired) electrons. The van der Waals surface area contributed by atoms with Gasteiger partial charge in [0.25, 0.3) is 0 Å². The molecule has 77 valence electrons. The first-order valence-electron chi connectivity index (χ1n) is 4.16. The molecule has 0 saturated heterocycles. The Kier molecular flexibility index (Phi) is 2.72. The van der Waals surface area contributed by atoms with E-state index in [9.17, 15) is 4.39 Å². The van der Waals surface area contributed by atoms with Crippen LogP contribution >= 0.6 is 23.2 Å². The van der Waals surface area contributed by atoms with E-state index >= 15 is 0 Å². The van der Waals surface area contributed by atoms with Crippen molar-refractivity contribution in [3.05, 3.63) is 40.1 Å². The van der Waals surface area contributed by atoms with Crippen molar-refractivity contribution >= 4 is 34.0 Å². The summed E-state index contributed by atoms with van der Waals surface area (Å²) in [7, 11) is 1.37. The molecule has 0 aliphatic heterocycles. The molecule has 0 fully saturated rings. The average molecular weight is 244 g/mol. The molecule has 2 aromatic carbocycles. The van der Waals surface area contributed by atoms with Gasteiger partial charge in [-0.3, -0.25) is 0 Å². The van der Waals surface area contributed by atoms with Gasteiger partial charge in [-0.25, -0.2) is 4.39 Å². The zero-order valence-corrected chi connectivity index (χ0v) is 9.29. The van der Waals surface area contributed by atoms with Gasteiger partial charge in [0.05, 0.1) is 12.1 Å². The van der Waals surface area contributed by atoms with Crippen LogP contribution in [0.1, 0.15) is 0 Å². The smallest absolute Gasteiger partial charge is 0.173 e. The van der Waals surface area contributed by atoms with Crippen molar-refractivity contribution in [3.63, 3.8) is 0 Å². The van der Waals surface area contributed by atoms with Crippen molar-refractivity contribution in [2.24, 2.45) is 0 Å². The van der Waals surface area contributed by atoms with E-state index in [4.69, 9.17) is 27.9 Å². The zero-order chi connectivity index (χ0) is 11.0. The minimum absolute atomic E-state index is 0.0276. The third-order valence-electron chi connectivity index (χ3n) is 2.07. The number of benzene rings is 2. The Balaban J connectivity index is 2.86. The minimum atomic E-state index is -0.506. The lowest BCUT2D eigenvalue weighted by Gasteiger charge is -2.07. The average Bonchev–Trinajstić information content (AvgIpc) is 2.20. The fraction of sp³-hybridized carbons (Fsp3) is 0.0909. The van der Waals surface area contributed by atoms with Crippen LogP contribution in [0.25, 0.3) is 10.8 Å². The van der Waals surface area contributed by atoms with Gasteiger partial charge < -0.3 is 4.74 Å². The Morgan fingerprint density at radius 2 is 2.07 bits per heavy atom. The molecular weight excluding hydrogens is 238 g/mol. The number of hydrogen-bond acceptors (Lipinski definition) is 1. The van der Waals surface area contributed by atoms with E-state index in [1.807, 2.05) is 0 Å². The topological polar surface area (TPSA) is 9.23 Å². The number of halogens is 3. The van der Waals surface area contributed by atoms with E-state index in [1.165, 1.54) is 13.2 Å². The molecule has 0 aromatic heterocycles. The predicted molar refractivity (Wildman–Crippen MR) is 59.3 cm³/mol. The van der Waals surface area contributed by atoms with Crippen molar-refractivity contribution in [2.75, 3.05) is 7.11 Å². The molecule has 4 heteroatoms. The normalized spacial score (nSPS) is 10.7. The third-order valence-corrected chi connectivity index (χ3v) is 2.66. The van der Waals surface area contributed by atoms with Crippen LogP contribution in [0.2, 0.25) is 10.0 Å². The van der Waals surface area contributed by atoms with Gasteiger partial charge in [0.1, 0.15) is 0 Å². The maximum atomic E-state index is 13.4. The van der Waals surface area contributed by atoms with Crippen LogP contribution in [0.3, 0.4) is 0 Å². The summed E-state index contributed by atoms with van der Waals surface area (Å²) in [6, 6.07) is 7.37. The largest absolute Gasteiger partial charge is 0.492 e. The Labute approximate surface area is 96.4 Å². The van der Waals surface area contributed by atoms with Gasteiger partial charge in [-0.1, -0.05) is 23.2 Å². The highest BCUT2D eigenvalue weighted by molar-refractivity contribution is 6.38. The highest BCUT2D eigenvalue weighted by Gasteiger charge is 2.12. The lowest BCUT2D eigenvalue weighted by Crippen LogP contribution is -1.90. The van der Waals surface area contributed by atoms with E-state index < -0.39 is 5.82 Å². The Morgan fingerprint density at radius 3 is 2.73 bits per heavy atom. The number of hydrogen-bond donors (Lipinski definition) is 0. The van der Waals surface area contributed by atoms with Gasteiger partial charge in [-0.05, 0) is 29.7 Å². The van der Waals surface area contributed by atoms with Crippen LogP contribution in [-0.2, 0) is 0 Å². The first-order valence-corrected chi connectivity index (χ1v) is 4.92. The van der Waals surface area contributed by atoms with E-state index in [0.29, 0.717) is 15.8 Å². The van der Waals surface area contributed by atoms with Crippen LogP contribution in [0.15, 0.2) is 18.2 Å². The van der Waals surface area contributed by atoms with Crippen LogP contribution in [0, 0.1) is 11.9 Å². The SMILES string of the molecule is COc1c(F)cc2[c]cc(Cl)cc2c1Cl. The molecule has 0 atom stereocenters. The van der Waals surface area contributed by atoms with Crippen LogP contribution in [-0.4, -0.2) is 7.11 Å². The van der Waals surface area contributed by atoms with Crippen LogP contribution in [0.4, 0.5) is 4.39 Å². The molecule has 0 amide bonds. The second-order valence-electron chi connectivity index (χ2n) is 2.98. The summed E-state index contributed by atoms with van der Waals surface area (Å²) < 4.78 is 18.3.